The topological polar surface area (TPSA) is 44.4 Å². The van der Waals surface area contributed by atoms with E-state index in [1.807, 2.05) is 17.0 Å². The Hall–Kier alpha value is -1.26. The molecule has 1 aromatic carbocycles. The molecule has 0 bridgehead atoms. The highest BCUT2D eigenvalue weighted by atomic mass is 35.5. The molecule has 5 heteroatoms. The van der Waals surface area contributed by atoms with Crippen LogP contribution in [-0.4, -0.2) is 36.1 Å². The second-order valence-corrected chi connectivity index (χ2v) is 8.48. The summed E-state index contributed by atoms with van der Waals surface area (Å²) in [7, 11) is 0. The Bertz CT molecular complexity index is 586. The zero-order chi connectivity index (χ0) is 19.0. The third kappa shape index (κ3) is 7.29. The summed E-state index contributed by atoms with van der Waals surface area (Å²) in [6.45, 7) is 4.81. The Morgan fingerprint density at radius 1 is 1.04 bits per heavy atom. The molecule has 2 fully saturated rings. The highest BCUT2D eigenvalue weighted by molar-refractivity contribution is 5.89. The first-order valence-corrected chi connectivity index (χ1v) is 11.1. The van der Waals surface area contributed by atoms with Crippen LogP contribution in [0.25, 0.3) is 0 Å². The molecule has 1 spiro atoms. The van der Waals surface area contributed by atoms with Crippen LogP contribution in [0.5, 0.6) is 0 Å². The normalized spacial score (nSPS) is 17.2. The van der Waals surface area contributed by atoms with Gasteiger partial charge in [-0.05, 0) is 43.4 Å². The molecule has 1 aliphatic carbocycles. The van der Waals surface area contributed by atoms with E-state index in [-0.39, 0.29) is 24.0 Å². The average Bonchev–Trinajstić information content (AvgIpc) is 3.43. The van der Waals surface area contributed by atoms with E-state index in [2.05, 4.69) is 29.7 Å². The van der Waals surface area contributed by atoms with Crippen molar-refractivity contribution < 1.29 is 4.79 Å². The van der Waals surface area contributed by atoms with Crippen molar-refractivity contribution in [3.05, 3.63) is 29.8 Å². The van der Waals surface area contributed by atoms with Gasteiger partial charge in [-0.2, -0.15) is 0 Å². The predicted molar refractivity (Wildman–Crippen MR) is 121 cm³/mol. The number of urea groups is 1. The van der Waals surface area contributed by atoms with E-state index in [0.29, 0.717) is 0 Å². The quantitative estimate of drug-likeness (QED) is 0.484. The van der Waals surface area contributed by atoms with Gasteiger partial charge < -0.3 is 15.5 Å². The predicted octanol–water partition coefficient (Wildman–Crippen LogP) is 5.76. The molecule has 28 heavy (non-hydrogen) atoms. The highest BCUT2D eigenvalue weighted by Crippen LogP contribution is 2.37. The summed E-state index contributed by atoms with van der Waals surface area (Å²) in [5, 5.41) is 6.61. The van der Waals surface area contributed by atoms with Crippen LogP contribution in [0.2, 0.25) is 0 Å². The number of hydrogen-bond acceptors (Lipinski definition) is 2. The van der Waals surface area contributed by atoms with Gasteiger partial charge in [0.15, 0.2) is 0 Å². The van der Waals surface area contributed by atoms with Crippen LogP contribution in [0.1, 0.15) is 76.7 Å². The zero-order valence-electron chi connectivity index (χ0n) is 17.5. The lowest BCUT2D eigenvalue weighted by atomic mass is 10.0. The van der Waals surface area contributed by atoms with Gasteiger partial charge in [-0.25, -0.2) is 4.79 Å². The molecule has 0 atom stereocenters. The molecule has 0 radical (unpaired) electrons. The molecule has 1 heterocycles. The molecule has 3 rings (SSSR count). The minimum atomic E-state index is 0. The van der Waals surface area contributed by atoms with E-state index >= 15 is 0 Å². The highest BCUT2D eigenvalue weighted by Gasteiger charge is 2.46. The number of rotatable bonds is 10. The lowest BCUT2D eigenvalue weighted by Crippen LogP contribution is -2.55. The molecule has 1 saturated carbocycles. The number of unbranched alkanes of at least 4 members (excludes halogenated alkanes) is 7. The molecular formula is C23H38ClN3O. The number of carbonyl (C=O) groups excluding carboxylic acids is 1. The van der Waals surface area contributed by atoms with Crippen molar-refractivity contribution in [2.24, 2.45) is 0 Å². The first-order valence-electron chi connectivity index (χ1n) is 11.1. The van der Waals surface area contributed by atoms with Crippen molar-refractivity contribution in [2.45, 2.75) is 83.1 Å². The van der Waals surface area contributed by atoms with Crippen molar-refractivity contribution >= 4 is 24.1 Å². The van der Waals surface area contributed by atoms with Crippen molar-refractivity contribution in [2.75, 3.05) is 25.0 Å². The second kappa shape index (κ2) is 11.7. The molecule has 2 amide bonds. The summed E-state index contributed by atoms with van der Waals surface area (Å²) in [5.74, 6) is 0. The number of amides is 2. The van der Waals surface area contributed by atoms with Crippen LogP contribution in [0.15, 0.2) is 24.3 Å². The van der Waals surface area contributed by atoms with E-state index in [9.17, 15) is 4.79 Å². The molecule has 0 aromatic heterocycles. The molecule has 158 valence electrons. The maximum atomic E-state index is 12.5. The number of piperazine rings is 1. The van der Waals surface area contributed by atoms with Crippen LogP contribution >= 0.6 is 12.4 Å². The van der Waals surface area contributed by atoms with E-state index in [1.165, 1.54) is 69.8 Å². The maximum absolute atomic E-state index is 12.5. The van der Waals surface area contributed by atoms with Crippen molar-refractivity contribution in [3.8, 4) is 0 Å². The molecule has 1 aliphatic heterocycles. The van der Waals surface area contributed by atoms with Crippen LogP contribution < -0.4 is 10.6 Å². The molecule has 4 nitrogen and oxygen atoms in total. The first kappa shape index (κ1) is 23.0. The number of nitrogens with zero attached hydrogens (tertiary/aromatic N) is 1. The minimum absolute atomic E-state index is 0. The molecule has 2 N–H and O–H groups in total. The number of benzene rings is 1. The summed E-state index contributed by atoms with van der Waals surface area (Å²) >= 11 is 0. The van der Waals surface area contributed by atoms with E-state index in [4.69, 9.17) is 0 Å². The number of halogens is 1. The summed E-state index contributed by atoms with van der Waals surface area (Å²) in [6, 6.07) is 8.47. The average molecular weight is 408 g/mol. The van der Waals surface area contributed by atoms with Gasteiger partial charge in [0.05, 0.1) is 0 Å². The molecule has 0 unspecified atom stereocenters. The molecular weight excluding hydrogens is 370 g/mol. The SMILES string of the molecule is CCCCCCCCCCc1ccc(NC(=O)N2CCNC3(CC3)C2)cc1.Cl. The van der Waals surface area contributed by atoms with E-state index in [1.54, 1.807) is 0 Å². The van der Waals surface area contributed by atoms with E-state index < -0.39 is 0 Å². The summed E-state index contributed by atoms with van der Waals surface area (Å²) < 4.78 is 0. The van der Waals surface area contributed by atoms with Gasteiger partial charge in [-0.3, -0.25) is 0 Å². The third-order valence-corrected chi connectivity index (χ3v) is 6.04. The van der Waals surface area contributed by atoms with Gasteiger partial charge in [0.2, 0.25) is 0 Å². The molecule has 2 aliphatic rings. The third-order valence-electron chi connectivity index (χ3n) is 6.04. The van der Waals surface area contributed by atoms with Crippen molar-refractivity contribution in [3.63, 3.8) is 0 Å². The van der Waals surface area contributed by atoms with Crippen LogP contribution in [0.4, 0.5) is 10.5 Å². The monoisotopic (exact) mass is 407 g/mol. The lowest BCUT2D eigenvalue weighted by Gasteiger charge is -2.34. The van der Waals surface area contributed by atoms with Crippen LogP contribution in [-0.2, 0) is 6.42 Å². The summed E-state index contributed by atoms with van der Waals surface area (Å²) in [5.41, 5.74) is 2.51. The Balaban J connectivity index is 0.00000280. The minimum Gasteiger partial charge on any atom is -0.321 e. The number of carbonyl (C=O) groups is 1. The van der Waals surface area contributed by atoms with Gasteiger partial charge in [-0.1, -0.05) is 64.0 Å². The van der Waals surface area contributed by atoms with Crippen LogP contribution in [0.3, 0.4) is 0 Å². The van der Waals surface area contributed by atoms with Gasteiger partial charge in [0, 0.05) is 30.9 Å². The van der Waals surface area contributed by atoms with Gasteiger partial charge in [0.25, 0.3) is 0 Å². The van der Waals surface area contributed by atoms with E-state index in [0.717, 1.165) is 31.7 Å². The number of aryl methyl sites for hydroxylation is 1. The number of hydrogen-bond donors (Lipinski definition) is 2. The number of nitrogens with one attached hydrogen (secondary N) is 2. The first-order chi connectivity index (χ1) is 13.2. The smallest absolute Gasteiger partial charge is 0.321 e. The Kier molecular flexibility index (Phi) is 9.60. The largest absolute Gasteiger partial charge is 0.321 e. The Labute approximate surface area is 177 Å². The van der Waals surface area contributed by atoms with Gasteiger partial charge >= 0.3 is 6.03 Å². The maximum Gasteiger partial charge on any atom is 0.321 e. The fourth-order valence-electron chi connectivity index (χ4n) is 4.04. The Morgan fingerprint density at radius 3 is 2.32 bits per heavy atom. The van der Waals surface area contributed by atoms with Gasteiger partial charge in [-0.15, -0.1) is 12.4 Å². The van der Waals surface area contributed by atoms with Gasteiger partial charge in [0.1, 0.15) is 0 Å². The van der Waals surface area contributed by atoms with Crippen molar-refractivity contribution in [1.29, 1.82) is 0 Å². The standard InChI is InChI=1S/C23H37N3O.ClH/c1-2-3-4-5-6-7-8-9-10-20-11-13-21(14-12-20)25-22(27)26-18-17-24-23(19-26)15-16-23;/h11-14,24H,2-10,15-19H2,1H3,(H,25,27);1H. The molecule has 1 aromatic rings. The molecule has 1 saturated heterocycles. The lowest BCUT2D eigenvalue weighted by molar-refractivity contribution is 0.185. The summed E-state index contributed by atoms with van der Waals surface area (Å²) in [4.78, 5) is 14.4. The second-order valence-electron chi connectivity index (χ2n) is 8.48. The fraction of sp³-hybridized carbons (Fsp3) is 0.696. The number of anilines is 1. The summed E-state index contributed by atoms with van der Waals surface area (Å²) in [6.07, 6.45) is 14.4. The zero-order valence-corrected chi connectivity index (χ0v) is 18.3. The van der Waals surface area contributed by atoms with Crippen LogP contribution in [0, 0.1) is 0 Å². The Morgan fingerprint density at radius 2 is 1.68 bits per heavy atom. The fourth-order valence-corrected chi connectivity index (χ4v) is 4.04. The van der Waals surface area contributed by atoms with Crippen molar-refractivity contribution in [1.82, 2.24) is 10.2 Å².